The van der Waals surface area contributed by atoms with Gasteiger partial charge in [0.15, 0.2) is 0 Å². The Morgan fingerprint density at radius 1 is 0.418 bits per heavy atom. The van der Waals surface area contributed by atoms with Gasteiger partial charge in [0.2, 0.25) is 0 Å². The predicted octanol–water partition coefficient (Wildman–Crippen LogP) is 14.6. The van der Waals surface area contributed by atoms with Crippen LogP contribution in [-0.4, -0.2) is 12.3 Å². The summed E-state index contributed by atoms with van der Waals surface area (Å²) < 4.78 is 0. The Morgan fingerprint density at radius 2 is 0.970 bits per heavy atom. The van der Waals surface area contributed by atoms with Crippen LogP contribution >= 0.6 is 0 Å². The van der Waals surface area contributed by atoms with Crippen LogP contribution in [0.1, 0.15) is 45.1 Å². The second-order valence-electron chi connectivity index (χ2n) is 19.2. The van der Waals surface area contributed by atoms with Crippen LogP contribution in [-0.2, 0) is 5.41 Å². The average molecular weight is 863 g/mol. The van der Waals surface area contributed by atoms with Gasteiger partial charge in [0, 0.05) is 67.9 Å². The highest BCUT2D eigenvalue weighted by molar-refractivity contribution is 7.00. The molecule has 0 spiro atoms. The maximum absolute atomic E-state index is 2.72. The molecule has 2 unspecified atom stereocenters. The molecule has 1 saturated carbocycles. The lowest BCUT2D eigenvalue weighted by atomic mass is 9.33. The van der Waals surface area contributed by atoms with Crippen LogP contribution in [0.25, 0.3) is 11.1 Å². The lowest BCUT2D eigenvalue weighted by molar-refractivity contribution is 0.195. The zero-order valence-electron chi connectivity index (χ0n) is 38.1. The lowest BCUT2D eigenvalue weighted by Gasteiger charge is -2.50. The van der Waals surface area contributed by atoms with E-state index in [-0.39, 0.29) is 17.7 Å². The fraction of sp³-hybridized carbons (Fsp3) is 0.129. The number of fused-ring (bicyclic) bond motifs is 7. The number of para-hydroxylation sites is 5. The van der Waals surface area contributed by atoms with Crippen LogP contribution in [0.2, 0.25) is 0 Å². The molecule has 67 heavy (non-hydrogen) atoms. The van der Waals surface area contributed by atoms with Crippen LogP contribution in [0.5, 0.6) is 0 Å². The SMILES string of the molecule is CC12CCCCC1(C)N(c1ccccc1)c1cc3c(cc12)B1c2ccc(N(c4ccccc4)c4ccccc4)cc2N(c2ccccc2-c2ccccc2)c2cccc(c21)N3c1ccccc1. The molecular formula is C62H51BN4. The fourth-order valence-corrected chi connectivity index (χ4v) is 12.5. The molecule has 0 aromatic heterocycles. The number of hydrogen-bond donors (Lipinski definition) is 0. The monoisotopic (exact) mass is 862 g/mol. The molecule has 5 heteroatoms. The highest BCUT2D eigenvalue weighted by Gasteiger charge is 2.58. The van der Waals surface area contributed by atoms with E-state index in [0.29, 0.717) is 0 Å². The van der Waals surface area contributed by atoms with Crippen molar-refractivity contribution in [3.8, 4) is 11.1 Å². The Labute approximate surface area is 395 Å². The van der Waals surface area contributed by atoms with Crippen LogP contribution in [0.15, 0.2) is 224 Å². The first-order valence-electron chi connectivity index (χ1n) is 24.0. The van der Waals surface area contributed by atoms with E-state index in [1.54, 1.807) is 0 Å². The lowest BCUT2D eigenvalue weighted by Crippen LogP contribution is -2.61. The molecule has 0 bridgehead atoms. The number of anilines is 11. The third-order valence-electron chi connectivity index (χ3n) is 15.7. The Hall–Kier alpha value is -7.76. The summed E-state index contributed by atoms with van der Waals surface area (Å²) in [6, 6.07) is 83.2. The first kappa shape index (κ1) is 39.6. The summed E-state index contributed by atoms with van der Waals surface area (Å²) in [5, 5.41) is 0. The van der Waals surface area contributed by atoms with Crippen molar-refractivity contribution in [2.24, 2.45) is 0 Å². The van der Waals surface area contributed by atoms with E-state index >= 15 is 0 Å². The molecule has 3 heterocycles. The number of nitrogens with zero attached hydrogens (tertiary/aromatic N) is 4. The second kappa shape index (κ2) is 15.4. The Morgan fingerprint density at radius 3 is 1.66 bits per heavy atom. The highest BCUT2D eigenvalue weighted by Crippen LogP contribution is 2.62. The molecule has 2 atom stereocenters. The minimum atomic E-state index is -0.0792. The van der Waals surface area contributed by atoms with Crippen molar-refractivity contribution in [1.29, 1.82) is 0 Å². The molecule has 3 aliphatic heterocycles. The van der Waals surface area contributed by atoms with Crippen molar-refractivity contribution < 1.29 is 0 Å². The van der Waals surface area contributed by atoms with E-state index in [2.05, 4.69) is 258 Å². The molecule has 0 amide bonds. The van der Waals surface area contributed by atoms with Crippen LogP contribution in [0.4, 0.5) is 62.6 Å². The quantitative estimate of drug-likeness (QED) is 0.148. The predicted molar refractivity (Wildman–Crippen MR) is 283 cm³/mol. The smallest absolute Gasteiger partial charge is 0.252 e. The van der Waals surface area contributed by atoms with Gasteiger partial charge in [0.1, 0.15) is 0 Å². The Balaban J connectivity index is 1.12. The Kier molecular flexibility index (Phi) is 9.11. The summed E-state index contributed by atoms with van der Waals surface area (Å²) in [6.07, 6.45) is 4.77. The van der Waals surface area contributed by atoms with Crippen LogP contribution in [0, 0.1) is 0 Å². The largest absolute Gasteiger partial charge is 0.334 e. The number of benzene rings is 9. The molecule has 0 N–H and O–H groups in total. The van der Waals surface area contributed by atoms with Gasteiger partial charge in [-0.15, -0.1) is 0 Å². The normalized spacial score (nSPS) is 18.7. The average Bonchev–Trinajstić information content (AvgIpc) is 3.59. The van der Waals surface area contributed by atoms with Crippen LogP contribution in [0.3, 0.4) is 0 Å². The molecule has 4 aliphatic rings. The second-order valence-corrected chi connectivity index (χ2v) is 19.2. The van der Waals surface area contributed by atoms with Gasteiger partial charge in [-0.3, -0.25) is 0 Å². The summed E-state index contributed by atoms with van der Waals surface area (Å²) in [4.78, 5) is 10.3. The molecule has 1 fully saturated rings. The maximum Gasteiger partial charge on any atom is 0.252 e. The topological polar surface area (TPSA) is 13.0 Å². The summed E-state index contributed by atoms with van der Waals surface area (Å²) >= 11 is 0. The van der Waals surface area contributed by atoms with Crippen molar-refractivity contribution in [2.45, 2.75) is 50.5 Å². The van der Waals surface area contributed by atoms with Crippen molar-refractivity contribution in [3.63, 3.8) is 0 Å². The van der Waals surface area contributed by atoms with E-state index in [1.807, 2.05) is 0 Å². The van der Waals surface area contributed by atoms with E-state index < -0.39 is 0 Å². The van der Waals surface area contributed by atoms with Gasteiger partial charge in [-0.05, 0) is 132 Å². The first-order chi connectivity index (χ1) is 33.0. The van der Waals surface area contributed by atoms with Crippen molar-refractivity contribution >= 4 is 85.7 Å². The molecule has 4 nitrogen and oxygen atoms in total. The minimum absolute atomic E-state index is 0.0261. The number of hydrogen-bond acceptors (Lipinski definition) is 4. The van der Waals surface area contributed by atoms with Gasteiger partial charge in [-0.2, -0.15) is 0 Å². The molecule has 13 rings (SSSR count). The third kappa shape index (κ3) is 5.93. The van der Waals surface area contributed by atoms with E-state index in [1.165, 1.54) is 80.0 Å². The third-order valence-corrected chi connectivity index (χ3v) is 15.7. The van der Waals surface area contributed by atoms with E-state index in [9.17, 15) is 0 Å². The van der Waals surface area contributed by atoms with Crippen molar-refractivity contribution in [1.82, 2.24) is 0 Å². The van der Waals surface area contributed by atoms with Gasteiger partial charge in [0.25, 0.3) is 6.71 Å². The van der Waals surface area contributed by atoms with Crippen molar-refractivity contribution in [2.75, 3.05) is 19.6 Å². The summed E-state index contributed by atoms with van der Waals surface area (Å²) in [7, 11) is 0. The van der Waals surface area contributed by atoms with E-state index in [0.717, 1.165) is 41.3 Å². The summed E-state index contributed by atoms with van der Waals surface area (Å²) in [5.74, 6) is 0. The fourth-order valence-electron chi connectivity index (χ4n) is 12.5. The number of rotatable bonds is 7. The maximum atomic E-state index is 2.72. The van der Waals surface area contributed by atoms with Crippen molar-refractivity contribution in [3.05, 3.63) is 230 Å². The van der Waals surface area contributed by atoms with Gasteiger partial charge in [-0.25, -0.2) is 0 Å². The van der Waals surface area contributed by atoms with E-state index in [4.69, 9.17) is 0 Å². The summed E-state index contributed by atoms with van der Waals surface area (Å²) in [6.45, 7) is 5.09. The van der Waals surface area contributed by atoms with Gasteiger partial charge in [0.05, 0.1) is 11.2 Å². The van der Waals surface area contributed by atoms with Gasteiger partial charge in [-0.1, -0.05) is 159 Å². The zero-order valence-corrected chi connectivity index (χ0v) is 38.1. The zero-order chi connectivity index (χ0) is 44.7. The first-order valence-corrected chi connectivity index (χ1v) is 24.0. The standard InChI is InChI=1S/C62H51BN4/c1-61-39-20-21-40-62(61,2)67(48-31-16-7-17-32-48)57-43-59-53(42-51(57)61)63-52-38-37-49(64(45-25-10-4-11-26-45)46-27-12-5-13-28-46)41-58(52)66(54-34-19-18-33-50(54)44-23-8-3-9-24-44)56-36-22-35-55(60(56)63)65(59)47-29-14-6-15-30-47/h3-19,22-38,41-43H,20-21,39-40H2,1-2H3. The summed E-state index contributed by atoms with van der Waals surface area (Å²) in [5.41, 5.74) is 20.8. The molecule has 0 radical (unpaired) electrons. The molecule has 9 aromatic rings. The van der Waals surface area contributed by atoms with Gasteiger partial charge < -0.3 is 19.6 Å². The molecule has 1 aliphatic carbocycles. The molecule has 322 valence electrons. The molecule has 0 saturated heterocycles. The van der Waals surface area contributed by atoms with Crippen LogP contribution < -0.4 is 36.0 Å². The minimum Gasteiger partial charge on any atom is -0.334 e. The van der Waals surface area contributed by atoms with Gasteiger partial charge >= 0.3 is 0 Å². The Bertz CT molecular complexity index is 3270. The highest BCUT2D eigenvalue weighted by atomic mass is 15.3. The molecular weight excluding hydrogens is 812 g/mol. The molecule has 9 aromatic carbocycles.